The van der Waals surface area contributed by atoms with Gasteiger partial charge in [-0.3, -0.25) is 19.7 Å². The van der Waals surface area contributed by atoms with E-state index in [1.165, 1.54) is 19.5 Å². The Kier molecular flexibility index (Phi) is 6.95. The molecular formula is C20H23FN4O6. The molecule has 11 heteroatoms. The molecule has 3 rings (SSSR count). The summed E-state index contributed by atoms with van der Waals surface area (Å²) in [5.41, 5.74) is -0.708. The first-order chi connectivity index (χ1) is 14.9. The zero-order valence-corrected chi connectivity index (χ0v) is 17.0. The quantitative estimate of drug-likeness (QED) is 0.172. The van der Waals surface area contributed by atoms with Gasteiger partial charge in [-0.2, -0.15) is 0 Å². The monoisotopic (exact) mass is 434 g/mol. The summed E-state index contributed by atoms with van der Waals surface area (Å²) in [4.78, 5) is 35.1. The Hall–Kier alpha value is -3.34. The molecule has 0 aliphatic heterocycles. The van der Waals surface area contributed by atoms with Crippen LogP contribution >= 0.6 is 0 Å². The predicted octanol–water partition coefficient (Wildman–Crippen LogP) is 2.41. The van der Waals surface area contributed by atoms with Crippen molar-refractivity contribution in [1.29, 1.82) is 5.41 Å². The zero-order valence-electron chi connectivity index (χ0n) is 17.0. The van der Waals surface area contributed by atoms with Crippen LogP contribution in [0.4, 0.5) is 10.1 Å². The van der Waals surface area contributed by atoms with E-state index in [2.05, 4.69) is 5.32 Å². The van der Waals surface area contributed by atoms with Crippen molar-refractivity contribution in [2.45, 2.75) is 25.3 Å². The van der Waals surface area contributed by atoms with E-state index < -0.39 is 28.5 Å². The maximum atomic E-state index is 14.9. The number of carbonyl (C=O) groups is 1. The molecule has 166 valence electrons. The lowest BCUT2D eigenvalue weighted by molar-refractivity contribution is -0.465. The molecule has 0 atom stereocenters. The van der Waals surface area contributed by atoms with Gasteiger partial charge in [-0.15, -0.1) is 0 Å². The van der Waals surface area contributed by atoms with Crippen molar-refractivity contribution in [3.8, 4) is 5.75 Å². The molecular weight excluding hydrogens is 411 g/mol. The highest BCUT2D eigenvalue weighted by atomic mass is 19.1. The molecule has 0 amide bonds. The lowest BCUT2D eigenvalue weighted by Crippen LogP contribution is -2.24. The summed E-state index contributed by atoms with van der Waals surface area (Å²) >= 11 is 0. The van der Waals surface area contributed by atoms with E-state index in [4.69, 9.17) is 14.9 Å². The number of benzene rings is 1. The number of hydrogen-bond donors (Lipinski definition) is 2. The van der Waals surface area contributed by atoms with Gasteiger partial charge in [0.25, 0.3) is 6.54 Å². The first-order valence-corrected chi connectivity index (χ1v) is 9.79. The number of nitrogens with zero attached hydrogens (tertiary/aromatic N) is 2. The van der Waals surface area contributed by atoms with Gasteiger partial charge in [0, 0.05) is 30.1 Å². The number of anilines is 1. The van der Waals surface area contributed by atoms with E-state index in [0.29, 0.717) is 18.5 Å². The smallest absolute Gasteiger partial charge is 0.266 e. The number of fused-ring (bicyclic) bond motifs is 1. The number of methoxy groups -OCH3 is 1. The molecule has 31 heavy (non-hydrogen) atoms. The Balaban J connectivity index is 2.05. The van der Waals surface area contributed by atoms with Gasteiger partial charge in [0.05, 0.1) is 36.8 Å². The highest BCUT2D eigenvalue weighted by molar-refractivity contribution is 6.01. The third-order valence-electron chi connectivity index (χ3n) is 4.89. The number of carbonyl (C=O) groups excluding carboxylic acids is 1. The van der Waals surface area contributed by atoms with E-state index in [1.807, 2.05) is 0 Å². The number of ketones is 1. The number of halogens is 1. The fraction of sp³-hybridized carbons (Fsp3) is 0.450. The fourth-order valence-electron chi connectivity index (χ4n) is 3.35. The normalized spacial score (nSPS) is 13.2. The second kappa shape index (κ2) is 9.65. The first-order valence-electron chi connectivity index (χ1n) is 9.79. The van der Waals surface area contributed by atoms with Crippen LogP contribution in [0.25, 0.3) is 10.9 Å². The first kappa shape index (κ1) is 22.3. The maximum absolute atomic E-state index is 14.9. The third kappa shape index (κ3) is 4.88. The van der Waals surface area contributed by atoms with Gasteiger partial charge in [-0.1, -0.05) is 0 Å². The van der Waals surface area contributed by atoms with Crippen molar-refractivity contribution in [2.24, 2.45) is 0 Å². The molecule has 1 aromatic heterocycles. The minimum absolute atomic E-state index is 0.0121. The Morgan fingerprint density at radius 3 is 2.81 bits per heavy atom. The zero-order chi connectivity index (χ0) is 22.5. The van der Waals surface area contributed by atoms with Crippen LogP contribution in [0.3, 0.4) is 0 Å². The van der Waals surface area contributed by atoms with Crippen molar-refractivity contribution < 1.29 is 23.6 Å². The molecule has 1 heterocycles. The number of rotatable bonds is 12. The summed E-state index contributed by atoms with van der Waals surface area (Å²) in [5, 5.41) is 20.5. The Labute approximate surface area is 176 Å². The maximum Gasteiger partial charge on any atom is 0.266 e. The summed E-state index contributed by atoms with van der Waals surface area (Å²) in [6, 6.07) is 1.02. The largest absolute Gasteiger partial charge is 0.492 e. The number of ether oxygens (including phenoxy) is 2. The topological polar surface area (TPSA) is 137 Å². The number of pyridine rings is 1. The predicted molar refractivity (Wildman–Crippen MR) is 112 cm³/mol. The summed E-state index contributed by atoms with van der Waals surface area (Å²) in [6.45, 7) is -0.0879. The van der Waals surface area contributed by atoms with Crippen LogP contribution in [0.5, 0.6) is 5.75 Å². The highest BCUT2D eigenvalue weighted by Crippen LogP contribution is 2.42. The van der Waals surface area contributed by atoms with Gasteiger partial charge in [-0.25, -0.2) is 4.39 Å². The molecule has 10 nitrogen and oxygen atoms in total. The van der Waals surface area contributed by atoms with Crippen LogP contribution in [0.2, 0.25) is 0 Å². The van der Waals surface area contributed by atoms with Crippen LogP contribution in [0, 0.1) is 21.3 Å². The average Bonchev–Trinajstić information content (AvgIpc) is 3.56. The van der Waals surface area contributed by atoms with Crippen LogP contribution in [0.15, 0.2) is 17.1 Å². The number of nitrogens with one attached hydrogen (secondary N) is 2. The van der Waals surface area contributed by atoms with Gasteiger partial charge in [0.1, 0.15) is 5.69 Å². The molecule has 2 aromatic rings. The molecule has 0 radical (unpaired) electrons. The van der Waals surface area contributed by atoms with Gasteiger partial charge >= 0.3 is 0 Å². The second-order valence-electron chi connectivity index (χ2n) is 7.12. The molecule has 1 saturated carbocycles. The number of aromatic nitrogens is 1. The van der Waals surface area contributed by atoms with E-state index in [0.717, 1.165) is 18.9 Å². The van der Waals surface area contributed by atoms with Crippen molar-refractivity contribution >= 4 is 28.6 Å². The molecule has 1 aliphatic rings. The number of hydrogen-bond acceptors (Lipinski definition) is 8. The Bertz CT molecular complexity index is 1080. The van der Waals surface area contributed by atoms with Gasteiger partial charge in [-0.05, 0) is 25.1 Å². The minimum atomic E-state index is -1.01. The second-order valence-corrected chi connectivity index (χ2v) is 7.12. The van der Waals surface area contributed by atoms with Gasteiger partial charge in [0.2, 0.25) is 11.2 Å². The molecule has 2 N–H and O–H groups in total. The molecule has 1 aromatic carbocycles. The standard InChI is InChI=1S/C20H23FN4O6/c1-30-20-17(23-6-8-31-7-2-5-22)15(21)9-13-18(20)24(12-3-4-12)10-14(19(13)27)16(26)11-25(28)29/h5,9-10,12,22-23H,2-4,6-8,11H2,1H3. The summed E-state index contributed by atoms with van der Waals surface area (Å²) < 4.78 is 27.4. The van der Waals surface area contributed by atoms with E-state index >= 15 is 0 Å². The van der Waals surface area contributed by atoms with Crippen LogP contribution in [-0.2, 0) is 4.74 Å². The number of Topliss-reactive ketones (excluding diaryl/α,β-unsaturated/α-hetero) is 1. The van der Waals surface area contributed by atoms with E-state index in [-0.39, 0.29) is 41.6 Å². The Morgan fingerprint density at radius 1 is 1.45 bits per heavy atom. The van der Waals surface area contributed by atoms with E-state index in [1.54, 1.807) is 4.57 Å². The fourth-order valence-corrected chi connectivity index (χ4v) is 3.35. The summed E-state index contributed by atoms with van der Waals surface area (Å²) in [6.07, 6.45) is 4.63. The average molecular weight is 434 g/mol. The molecule has 0 saturated heterocycles. The summed E-state index contributed by atoms with van der Waals surface area (Å²) in [7, 11) is 1.35. The molecule has 0 unspecified atom stereocenters. The van der Waals surface area contributed by atoms with Crippen molar-refractivity contribution in [2.75, 3.05) is 38.7 Å². The van der Waals surface area contributed by atoms with Crippen molar-refractivity contribution in [3.63, 3.8) is 0 Å². The highest BCUT2D eigenvalue weighted by Gasteiger charge is 2.30. The molecule has 1 fully saturated rings. The molecule has 0 spiro atoms. The lowest BCUT2D eigenvalue weighted by atomic mass is 10.1. The van der Waals surface area contributed by atoms with Crippen LogP contribution in [0.1, 0.15) is 35.7 Å². The van der Waals surface area contributed by atoms with Gasteiger partial charge < -0.3 is 24.8 Å². The lowest BCUT2D eigenvalue weighted by Gasteiger charge is -2.19. The van der Waals surface area contributed by atoms with Crippen molar-refractivity contribution in [1.82, 2.24) is 4.57 Å². The van der Waals surface area contributed by atoms with Crippen molar-refractivity contribution in [3.05, 3.63) is 44.0 Å². The van der Waals surface area contributed by atoms with Crippen LogP contribution < -0.4 is 15.5 Å². The summed E-state index contributed by atoms with van der Waals surface area (Å²) in [5.74, 6) is -1.55. The molecule has 1 aliphatic carbocycles. The minimum Gasteiger partial charge on any atom is -0.492 e. The third-order valence-corrected chi connectivity index (χ3v) is 4.89. The van der Waals surface area contributed by atoms with Gasteiger partial charge in [0.15, 0.2) is 11.6 Å². The van der Waals surface area contributed by atoms with Crippen LogP contribution in [-0.4, -0.2) is 54.9 Å². The molecule has 0 bridgehead atoms. The number of nitro groups is 1. The Morgan fingerprint density at radius 2 is 2.19 bits per heavy atom. The van der Waals surface area contributed by atoms with E-state index in [9.17, 15) is 24.1 Å². The SMILES string of the molecule is COc1c(NCCOCCC=N)c(F)cc2c(=O)c(C(=O)C[N+](=O)[O-])cn(C3CC3)c12.